The summed E-state index contributed by atoms with van der Waals surface area (Å²) in [7, 11) is 0. The lowest BCUT2D eigenvalue weighted by molar-refractivity contribution is -0.384. The van der Waals surface area contributed by atoms with Gasteiger partial charge >= 0.3 is 0 Å². The number of nitriles is 1. The number of hydrogen-bond acceptors (Lipinski definition) is 6. The minimum atomic E-state index is -0.627. The van der Waals surface area contributed by atoms with Gasteiger partial charge in [0.25, 0.3) is 11.6 Å². The van der Waals surface area contributed by atoms with Crippen LogP contribution in [0, 0.1) is 21.4 Å². The fraction of sp³-hybridized carbons (Fsp3) is 0.0500. The molecule has 10 heteroatoms. The van der Waals surface area contributed by atoms with Gasteiger partial charge in [0.2, 0.25) is 0 Å². The minimum Gasteiger partial charge on any atom is -0.297 e. The molecule has 0 aliphatic rings. The Hall–Kier alpha value is -3.25. The van der Waals surface area contributed by atoms with Crippen molar-refractivity contribution < 1.29 is 9.72 Å². The van der Waals surface area contributed by atoms with Crippen molar-refractivity contribution in [3.63, 3.8) is 0 Å². The highest BCUT2D eigenvalue weighted by Gasteiger charge is 2.13. The number of hydrogen-bond donors (Lipinski definition) is 1. The van der Waals surface area contributed by atoms with Crippen molar-refractivity contribution in [3.8, 4) is 6.07 Å². The highest BCUT2D eigenvalue weighted by molar-refractivity contribution is 7.15. The number of benzene rings is 2. The number of nitrogens with one attached hydrogen (secondary N) is 1. The first-order valence-electron chi connectivity index (χ1n) is 8.42. The zero-order valence-electron chi connectivity index (χ0n) is 15.1. The van der Waals surface area contributed by atoms with Gasteiger partial charge in [-0.15, -0.1) is 11.3 Å². The molecule has 1 heterocycles. The number of halogens is 2. The SMILES string of the molecule is N#C/C(=C\c1ccc([N+](=O)[O-])cc1)C(=O)Nc1ncc(Cc2cc(Cl)ccc2Cl)s1. The normalized spacial score (nSPS) is 11.0. The molecule has 0 unspecified atom stereocenters. The Morgan fingerprint density at radius 1 is 1.27 bits per heavy atom. The molecule has 1 N–H and O–H groups in total. The van der Waals surface area contributed by atoms with Crippen molar-refractivity contribution in [2.45, 2.75) is 6.42 Å². The number of amides is 1. The molecular formula is C20H12Cl2N4O3S. The van der Waals surface area contributed by atoms with E-state index >= 15 is 0 Å². The summed E-state index contributed by atoms with van der Waals surface area (Å²) in [5.74, 6) is -0.627. The minimum absolute atomic E-state index is 0.0785. The van der Waals surface area contributed by atoms with Gasteiger partial charge in [0.1, 0.15) is 11.6 Å². The molecule has 1 aromatic heterocycles. The van der Waals surface area contributed by atoms with Gasteiger partial charge in [-0.1, -0.05) is 23.2 Å². The third kappa shape index (κ3) is 5.42. The summed E-state index contributed by atoms with van der Waals surface area (Å²) in [5.41, 5.74) is 1.09. The van der Waals surface area contributed by atoms with Crippen LogP contribution in [0.25, 0.3) is 6.08 Å². The van der Waals surface area contributed by atoms with E-state index in [0.29, 0.717) is 27.2 Å². The molecule has 0 saturated heterocycles. The Bertz CT molecular complexity index is 1180. The molecule has 3 aromatic rings. The number of thiazole rings is 1. The van der Waals surface area contributed by atoms with E-state index in [-0.39, 0.29) is 11.3 Å². The molecule has 0 aliphatic heterocycles. The van der Waals surface area contributed by atoms with E-state index in [0.717, 1.165) is 10.4 Å². The zero-order chi connectivity index (χ0) is 21.7. The molecule has 1 amide bonds. The largest absolute Gasteiger partial charge is 0.297 e. The van der Waals surface area contributed by atoms with Crippen LogP contribution < -0.4 is 5.32 Å². The van der Waals surface area contributed by atoms with Crippen LogP contribution >= 0.6 is 34.5 Å². The predicted octanol–water partition coefficient (Wildman–Crippen LogP) is 5.49. The average molecular weight is 459 g/mol. The van der Waals surface area contributed by atoms with Crippen LogP contribution in [0.1, 0.15) is 16.0 Å². The maximum Gasteiger partial charge on any atom is 0.269 e. The van der Waals surface area contributed by atoms with E-state index in [4.69, 9.17) is 23.2 Å². The van der Waals surface area contributed by atoms with Crippen LogP contribution in [0.5, 0.6) is 0 Å². The van der Waals surface area contributed by atoms with Gasteiger partial charge in [-0.05, 0) is 47.5 Å². The van der Waals surface area contributed by atoms with Crippen LogP contribution in [0.15, 0.2) is 54.2 Å². The monoisotopic (exact) mass is 458 g/mol. The van der Waals surface area contributed by atoms with Crippen molar-refractivity contribution in [2.24, 2.45) is 0 Å². The smallest absolute Gasteiger partial charge is 0.269 e. The van der Waals surface area contributed by atoms with E-state index in [9.17, 15) is 20.2 Å². The number of rotatable bonds is 6. The lowest BCUT2D eigenvalue weighted by Crippen LogP contribution is -2.13. The number of carbonyl (C=O) groups is 1. The van der Waals surface area contributed by atoms with Gasteiger partial charge in [0.05, 0.1) is 4.92 Å². The predicted molar refractivity (Wildman–Crippen MR) is 117 cm³/mol. The van der Waals surface area contributed by atoms with Crippen LogP contribution in [0.3, 0.4) is 0 Å². The standard InChI is InChI=1S/C20H12Cl2N4O3S/c21-15-3-6-18(22)13(8-15)9-17-11-24-20(30-17)25-19(27)14(10-23)7-12-1-4-16(5-2-12)26(28)29/h1-8,11H,9H2,(H,24,25,27)/b14-7+. The number of nitrogens with zero attached hydrogens (tertiary/aromatic N) is 3. The summed E-state index contributed by atoms with van der Waals surface area (Å²) in [6.07, 6.45) is 3.46. The summed E-state index contributed by atoms with van der Waals surface area (Å²) in [6.45, 7) is 0. The molecule has 0 fully saturated rings. The van der Waals surface area contributed by atoms with E-state index in [1.165, 1.54) is 41.7 Å². The summed E-state index contributed by atoms with van der Waals surface area (Å²) in [6, 6.07) is 12.5. The molecule has 0 spiro atoms. The lowest BCUT2D eigenvalue weighted by atomic mass is 10.1. The molecule has 0 bridgehead atoms. The molecule has 7 nitrogen and oxygen atoms in total. The molecule has 0 atom stereocenters. The highest BCUT2D eigenvalue weighted by Crippen LogP contribution is 2.27. The summed E-state index contributed by atoms with van der Waals surface area (Å²) < 4.78 is 0. The van der Waals surface area contributed by atoms with Crippen molar-refractivity contribution in [3.05, 3.63) is 90.4 Å². The number of carbonyl (C=O) groups excluding carboxylic acids is 1. The first kappa shape index (κ1) is 21.5. The van der Waals surface area contributed by atoms with Crippen LogP contribution in [-0.4, -0.2) is 15.8 Å². The summed E-state index contributed by atoms with van der Waals surface area (Å²) in [5, 5.41) is 24.1. The van der Waals surface area contributed by atoms with Gasteiger partial charge in [0.15, 0.2) is 5.13 Å². The fourth-order valence-corrected chi connectivity index (χ4v) is 3.70. The fourth-order valence-electron chi connectivity index (χ4n) is 2.49. The van der Waals surface area contributed by atoms with Gasteiger partial charge in [-0.3, -0.25) is 20.2 Å². The molecule has 2 aromatic carbocycles. The van der Waals surface area contributed by atoms with Crippen molar-refractivity contribution in [2.75, 3.05) is 5.32 Å². The second kappa shape index (κ2) is 9.50. The topological polar surface area (TPSA) is 109 Å². The number of nitro benzene ring substituents is 1. The summed E-state index contributed by atoms with van der Waals surface area (Å²) in [4.78, 5) is 27.6. The average Bonchev–Trinajstić information content (AvgIpc) is 3.15. The van der Waals surface area contributed by atoms with Gasteiger partial charge in [0, 0.05) is 39.7 Å². The quantitative estimate of drug-likeness (QED) is 0.227. The van der Waals surface area contributed by atoms with Crippen molar-refractivity contribution >= 4 is 57.3 Å². The second-order valence-electron chi connectivity index (χ2n) is 6.02. The zero-order valence-corrected chi connectivity index (χ0v) is 17.5. The third-order valence-electron chi connectivity index (χ3n) is 3.93. The second-order valence-corrected chi connectivity index (χ2v) is 7.98. The van der Waals surface area contributed by atoms with E-state index in [2.05, 4.69) is 10.3 Å². The Morgan fingerprint density at radius 3 is 2.67 bits per heavy atom. The van der Waals surface area contributed by atoms with E-state index in [1.807, 2.05) is 6.07 Å². The van der Waals surface area contributed by atoms with Gasteiger partial charge < -0.3 is 0 Å². The molecule has 150 valence electrons. The molecule has 30 heavy (non-hydrogen) atoms. The summed E-state index contributed by atoms with van der Waals surface area (Å²) >= 11 is 13.4. The van der Waals surface area contributed by atoms with Crippen molar-refractivity contribution in [1.82, 2.24) is 4.98 Å². The Balaban J connectivity index is 1.71. The number of anilines is 1. The highest BCUT2D eigenvalue weighted by atomic mass is 35.5. The molecular weight excluding hydrogens is 447 g/mol. The third-order valence-corrected chi connectivity index (χ3v) is 5.44. The van der Waals surface area contributed by atoms with Crippen molar-refractivity contribution in [1.29, 1.82) is 5.26 Å². The maximum absolute atomic E-state index is 12.4. The van der Waals surface area contributed by atoms with Gasteiger partial charge in [-0.2, -0.15) is 5.26 Å². The van der Waals surface area contributed by atoms with Gasteiger partial charge in [-0.25, -0.2) is 4.98 Å². The Kier molecular flexibility index (Phi) is 6.79. The Labute approximate surface area is 185 Å². The number of aromatic nitrogens is 1. The first-order chi connectivity index (χ1) is 14.4. The van der Waals surface area contributed by atoms with E-state index in [1.54, 1.807) is 24.4 Å². The van der Waals surface area contributed by atoms with Crippen LogP contribution in [-0.2, 0) is 11.2 Å². The van der Waals surface area contributed by atoms with Crippen LogP contribution in [0.2, 0.25) is 10.0 Å². The van der Waals surface area contributed by atoms with E-state index < -0.39 is 10.8 Å². The number of non-ortho nitro benzene ring substituents is 1. The number of nitro groups is 1. The molecule has 0 saturated carbocycles. The molecule has 0 radical (unpaired) electrons. The molecule has 3 rings (SSSR count). The van der Waals surface area contributed by atoms with Crippen LogP contribution in [0.4, 0.5) is 10.8 Å². The lowest BCUT2D eigenvalue weighted by Gasteiger charge is -2.03. The maximum atomic E-state index is 12.4. The first-order valence-corrected chi connectivity index (χ1v) is 9.99. The molecule has 0 aliphatic carbocycles. The Morgan fingerprint density at radius 2 is 2.00 bits per heavy atom.